The summed E-state index contributed by atoms with van der Waals surface area (Å²) < 4.78 is 12.6. The van der Waals surface area contributed by atoms with Crippen LogP contribution in [0.4, 0.5) is 5.69 Å². The van der Waals surface area contributed by atoms with Crippen LogP contribution in [0.15, 0.2) is 24.3 Å². The van der Waals surface area contributed by atoms with E-state index in [2.05, 4.69) is 5.32 Å². The van der Waals surface area contributed by atoms with Crippen molar-refractivity contribution in [1.29, 1.82) is 0 Å². The predicted molar refractivity (Wildman–Crippen MR) is 97.7 cm³/mol. The average molecular weight is 363 g/mol. The van der Waals surface area contributed by atoms with E-state index in [-0.39, 0.29) is 5.25 Å². The summed E-state index contributed by atoms with van der Waals surface area (Å²) in [6.07, 6.45) is 7.15. The Hall–Kier alpha value is -1.69. The second kappa shape index (κ2) is 7.68. The van der Waals surface area contributed by atoms with E-state index in [0.717, 1.165) is 37.7 Å². The molecule has 6 heteroatoms. The Kier molecular flexibility index (Phi) is 5.57. The lowest BCUT2D eigenvalue weighted by Crippen LogP contribution is -2.48. The zero-order chi connectivity index (χ0) is 17.9. The molecular weight excluding hydrogens is 338 g/mol. The van der Waals surface area contributed by atoms with Crippen LogP contribution in [0.2, 0.25) is 0 Å². The van der Waals surface area contributed by atoms with Gasteiger partial charge in [-0.2, -0.15) is 0 Å². The number of aliphatic carboxylic acids is 1. The molecule has 1 aromatic rings. The van der Waals surface area contributed by atoms with Crippen LogP contribution in [0, 0.1) is 5.41 Å². The molecule has 1 unspecified atom stereocenters. The molecule has 136 valence electrons. The molecule has 0 aromatic heterocycles. The van der Waals surface area contributed by atoms with Crippen LogP contribution in [0.3, 0.4) is 0 Å². The number of benzene rings is 1. The van der Waals surface area contributed by atoms with Crippen molar-refractivity contribution in [1.82, 2.24) is 0 Å². The van der Waals surface area contributed by atoms with Crippen molar-refractivity contribution in [3.05, 3.63) is 29.8 Å². The third-order valence-corrected chi connectivity index (χ3v) is 7.30. The van der Waals surface area contributed by atoms with E-state index in [1.807, 2.05) is 18.2 Å². The fourth-order valence-electron chi connectivity index (χ4n) is 3.67. The van der Waals surface area contributed by atoms with E-state index < -0.39 is 28.1 Å². The van der Waals surface area contributed by atoms with Crippen molar-refractivity contribution in [2.45, 2.75) is 62.4 Å². The monoisotopic (exact) mass is 363 g/mol. The maximum absolute atomic E-state index is 12.6. The zero-order valence-corrected chi connectivity index (χ0v) is 15.1. The van der Waals surface area contributed by atoms with Gasteiger partial charge in [-0.05, 0) is 43.4 Å². The summed E-state index contributed by atoms with van der Waals surface area (Å²) in [5, 5.41) is 12.4. The number of nitrogens with one attached hydrogen (secondary N) is 1. The highest BCUT2D eigenvalue weighted by Gasteiger charge is 2.51. The van der Waals surface area contributed by atoms with E-state index in [0.29, 0.717) is 24.3 Å². The molecule has 2 N–H and O–H groups in total. The Morgan fingerprint density at radius 2 is 1.88 bits per heavy atom. The van der Waals surface area contributed by atoms with Gasteiger partial charge in [-0.15, -0.1) is 0 Å². The van der Waals surface area contributed by atoms with Gasteiger partial charge in [0.1, 0.15) is 5.41 Å². The van der Waals surface area contributed by atoms with Crippen LogP contribution in [0.25, 0.3) is 0 Å². The molecule has 0 spiro atoms. The first-order chi connectivity index (χ1) is 12.0. The van der Waals surface area contributed by atoms with E-state index in [4.69, 9.17) is 0 Å². The fraction of sp³-hybridized carbons (Fsp3) is 0.579. The first kappa shape index (κ1) is 18.1. The first-order valence-electron chi connectivity index (χ1n) is 9.02. The number of carbonyl (C=O) groups excluding carboxylic acids is 1. The molecule has 2 fully saturated rings. The standard InChI is InChI=1S/C19H25NO4S/c21-17(19(18(22)23)10-5-11-19)20-15-7-4-6-14(12-15)13-25(24)16-8-2-1-3-9-16/h4,6-7,12,16H,1-3,5,8-11,13H2,(H,20,21)(H,22,23). The second-order valence-electron chi connectivity index (χ2n) is 7.18. The molecule has 5 nitrogen and oxygen atoms in total. The minimum Gasteiger partial charge on any atom is -0.480 e. The van der Waals surface area contributed by atoms with Gasteiger partial charge in [0.25, 0.3) is 0 Å². The highest BCUT2D eigenvalue weighted by Crippen LogP contribution is 2.42. The zero-order valence-electron chi connectivity index (χ0n) is 14.3. The van der Waals surface area contributed by atoms with Gasteiger partial charge in [0.2, 0.25) is 5.91 Å². The molecule has 2 saturated carbocycles. The van der Waals surface area contributed by atoms with Gasteiger partial charge in [0, 0.05) is 27.5 Å². The van der Waals surface area contributed by atoms with Gasteiger partial charge in [-0.3, -0.25) is 13.8 Å². The number of carboxylic acid groups (broad SMARTS) is 1. The third-order valence-electron chi connectivity index (χ3n) is 5.47. The molecule has 0 heterocycles. The maximum atomic E-state index is 12.6. The van der Waals surface area contributed by atoms with Gasteiger partial charge in [-0.25, -0.2) is 0 Å². The van der Waals surface area contributed by atoms with Crippen LogP contribution in [-0.2, 0) is 26.1 Å². The van der Waals surface area contributed by atoms with E-state index in [1.165, 1.54) is 6.42 Å². The largest absolute Gasteiger partial charge is 0.480 e. The summed E-state index contributed by atoms with van der Waals surface area (Å²) in [4.78, 5) is 23.8. The molecule has 0 bridgehead atoms. The molecule has 3 rings (SSSR count). The third kappa shape index (κ3) is 3.94. The van der Waals surface area contributed by atoms with Crippen molar-refractivity contribution >= 4 is 28.4 Å². The lowest BCUT2D eigenvalue weighted by molar-refractivity contribution is -0.159. The summed E-state index contributed by atoms with van der Waals surface area (Å²) in [5.41, 5.74) is 0.219. The number of carbonyl (C=O) groups is 2. The lowest BCUT2D eigenvalue weighted by Gasteiger charge is -2.35. The number of rotatable bonds is 6. The number of amides is 1. The SMILES string of the molecule is O=C(O)C1(C(=O)Nc2cccc(CS(=O)C3CCCCC3)c2)CCC1. The predicted octanol–water partition coefficient (Wildman–Crippen LogP) is 3.46. The van der Waals surface area contributed by atoms with Crippen molar-refractivity contribution in [2.75, 3.05) is 5.32 Å². The smallest absolute Gasteiger partial charge is 0.319 e. The average Bonchev–Trinajstić information content (AvgIpc) is 2.54. The highest BCUT2D eigenvalue weighted by atomic mass is 32.2. The normalized spacial score (nSPS) is 21.1. The van der Waals surface area contributed by atoms with Crippen LogP contribution in [-0.4, -0.2) is 26.4 Å². The van der Waals surface area contributed by atoms with Crippen LogP contribution < -0.4 is 5.32 Å². The molecule has 0 aliphatic heterocycles. The number of hydrogen-bond acceptors (Lipinski definition) is 3. The molecule has 2 aliphatic carbocycles. The molecule has 25 heavy (non-hydrogen) atoms. The Morgan fingerprint density at radius 3 is 2.48 bits per heavy atom. The second-order valence-corrected chi connectivity index (χ2v) is 8.90. The van der Waals surface area contributed by atoms with Crippen molar-refractivity contribution in [3.8, 4) is 0 Å². The summed E-state index contributed by atoms with van der Waals surface area (Å²) >= 11 is 0. The molecular formula is C19H25NO4S. The minimum absolute atomic E-state index is 0.275. The fourth-order valence-corrected chi connectivity index (χ4v) is 5.27. The lowest BCUT2D eigenvalue weighted by atomic mass is 9.68. The van der Waals surface area contributed by atoms with Gasteiger partial charge in [0.05, 0.1) is 0 Å². The maximum Gasteiger partial charge on any atom is 0.319 e. The van der Waals surface area contributed by atoms with Gasteiger partial charge in [0.15, 0.2) is 0 Å². The summed E-state index contributed by atoms with van der Waals surface area (Å²) in [6, 6.07) is 7.29. The Balaban J connectivity index is 1.64. The Morgan fingerprint density at radius 1 is 1.16 bits per heavy atom. The number of carboxylic acids is 1. The molecule has 0 radical (unpaired) electrons. The first-order valence-corrected chi connectivity index (χ1v) is 10.4. The highest BCUT2D eigenvalue weighted by molar-refractivity contribution is 7.84. The van der Waals surface area contributed by atoms with Gasteiger partial charge in [-0.1, -0.05) is 37.8 Å². The quantitative estimate of drug-likeness (QED) is 0.758. The molecule has 1 atom stereocenters. The van der Waals surface area contributed by atoms with E-state index in [9.17, 15) is 18.9 Å². The van der Waals surface area contributed by atoms with Crippen molar-refractivity contribution < 1.29 is 18.9 Å². The molecule has 0 saturated heterocycles. The number of hydrogen-bond donors (Lipinski definition) is 2. The van der Waals surface area contributed by atoms with Gasteiger partial charge < -0.3 is 10.4 Å². The Labute approximate surface area is 150 Å². The molecule has 1 aromatic carbocycles. The summed E-state index contributed by atoms with van der Waals surface area (Å²) in [6.45, 7) is 0. The van der Waals surface area contributed by atoms with E-state index in [1.54, 1.807) is 6.07 Å². The minimum atomic E-state index is -1.28. The van der Waals surface area contributed by atoms with Crippen molar-refractivity contribution in [3.63, 3.8) is 0 Å². The van der Waals surface area contributed by atoms with Crippen LogP contribution in [0.1, 0.15) is 56.9 Å². The van der Waals surface area contributed by atoms with Crippen LogP contribution in [0.5, 0.6) is 0 Å². The summed E-state index contributed by atoms with van der Waals surface area (Å²) in [7, 11) is -0.900. The van der Waals surface area contributed by atoms with Crippen molar-refractivity contribution in [2.24, 2.45) is 5.41 Å². The van der Waals surface area contributed by atoms with Crippen LogP contribution >= 0.6 is 0 Å². The number of anilines is 1. The topological polar surface area (TPSA) is 83.5 Å². The van der Waals surface area contributed by atoms with Gasteiger partial charge >= 0.3 is 5.97 Å². The molecule has 1 amide bonds. The summed E-state index contributed by atoms with van der Waals surface area (Å²) in [5.74, 6) is -1.01. The van der Waals surface area contributed by atoms with E-state index >= 15 is 0 Å². The molecule has 2 aliphatic rings. The Bertz CT molecular complexity index is 678.